The molecule has 152 valence electrons. The van der Waals surface area contributed by atoms with Crippen LogP contribution in [0.25, 0.3) is 11.0 Å². The molecule has 2 aromatic carbocycles. The Labute approximate surface area is 169 Å². The lowest BCUT2D eigenvalue weighted by molar-refractivity contribution is -0.922. The normalized spacial score (nSPS) is 19.2. The van der Waals surface area contributed by atoms with Gasteiger partial charge in [0.25, 0.3) is 0 Å². The van der Waals surface area contributed by atoms with E-state index in [1.54, 1.807) is 31.4 Å². The van der Waals surface area contributed by atoms with Gasteiger partial charge in [-0.2, -0.15) is 0 Å². The second kappa shape index (κ2) is 8.17. The Hall–Kier alpha value is -2.99. The highest BCUT2D eigenvalue weighted by Crippen LogP contribution is 2.28. The van der Waals surface area contributed by atoms with Crippen molar-refractivity contribution in [2.24, 2.45) is 5.92 Å². The van der Waals surface area contributed by atoms with Gasteiger partial charge in [0.2, 0.25) is 11.2 Å². The number of methoxy groups -OCH3 is 1. The van der Waals surface area contributed by atoms with Crippen molar-refractivity contribution >= 4 is 11.0 Å². The van der Waals surface area contributed by atoms with Gasteiger partial charge in [0, 0.05) is 17.5 Å². The second-order valence-corrected chi connectivity index (χ2v) is 7.76. The van der Waals surface area contributed by atoms with E-state index in [2.05, 4.69) is 6.92 Å². The van der Waals surface area contributed by atoms with Gasteiger partial charge in [-0.3, -0.25) is 4.79 Å². The Morgan fingerprint density at radius 2 is 2.07 bits per heavy atom. The fourth-order valence-corrected chi connectivity index (χ4v) is 4.06. The van der Waals surface area contributed by atoms with Gasteiger partial charge in [0.15, 0.2) is 0 Å². The molecule has 0 bridgehead atoms. The summed E-state index contributed by atoms with van der Waals surface area (Å²) in [6.07, 6.45) is 3.67. The van der Waals surface area contributed by atoms with Crippen molar-refractivity contribution in [3.63, 3.8) is 0 Å². The molecule has 0 aliphatic carbocycles. The first-order chi connectivity index (χ1) is 14.0. The molecule has 2 atom stereocenters. The number of ether oxygens (including phenoxy) is 2. The lowest BCUT2D eigenvalue weighted by Gasteiger charge is -2.29. The average Bonchev–Trinajstić information content (AvgIpc) is 2.72. The fraction of sp³-hybridized carbons (Fsp3) is 0.348. The zero-order valence-electron chi connectivity index (χ0n) is 16.7. The predicted molar refractivity (Wildman–Crippen MR) is 108 cm³/mol. The third kappa shape index (κ3) is 4.07. The van der Waals surface area contributed by atoms with E-state index >= 15 is 0 Å². The highest BCUT2D eigenvalue weighted by Gasteiger charge is 2.22. The lowest BCUT2D eigenvalue weighted by atomic mass is 9.99. The Morgan fingerprint density at radius 3 is 2.86 bits per heavy atom. The lowest BCUT2D eigenvalue weighted by Crippen LogP contribution is -3.12. The van der Waals surface area contributed by atoms with Crippen LogP contribution in [0.3, 0.4) is 0 Å². The summed E-state index contributed by atoms with van der Waals surface area (Å²) >= 11 is 0. The van der Waals surface area contributed by atoms with Crippen LogP contribution in [0, 0.1) is 5.92 Å². The molecule has 0 radical (unpaired) electrons. The van der Waals surface area contributed by atoms with E-state index in [0.717, 1.165) is 19.5 Å². The Bertz CT molecular complexity index is 1070. The molecule has 1 aromatic heterocycles. The minimum atomic E-state index is -0.294. The second-order valence-electron chi connectivity index (χ2n) is 7.76. The summed E-state index contributed by atoms with van der Waals surface area (Å²) in [7, 11) is 1.57. The van der Waals surface area contributed by atoms with Gasteiger partial charge in [-0.1, -0.05) is 24.8 Å². The van der Waals surface area contributed by atoms with Crippen molar-refractivity contribution in [1.82, 2.24) is 0 Å². The van der Waals surface area contributed by atoms with Crippen molar-refractivity contribution in [3.05, 3.63) is 58.4 Å². The van der Waals surface area contributed by atoms with Crippen molar-refractivity contribution in [2.75, 3.05) is 20.2 Å². The van der Waals surface area contributed by atoms with Crippen LogP contribution < -0.4 is 24.9 Å². The highest BCUT2D eigenvalue weighted by molar-refractivity contribution is 5.82. The molecule has 4 rings (SSSR count). The molecular formula is C23H25NO5. The maximum absolute atomic E-state index is 13.0. The highest BCUT2D eigenvalue weighted by atomic mass is 16.5. The summed E-state index contributed by atoms with van der Waals surface area (Å²) < 4.78 is 16.7. The van der Waals surface area contributed by atoms with Gasteiger partial charge in [-0.15, -0.1) is 0 Å². The van der Waals surface area contributed by atoms with E-state index in [-0.39, 0.29) is 16.9 Å². The molecule has 1 N–H and O–H groups in total. The van der Waals surface area contributed by atoms with E-state index < -0.39 is 0 Å². The number of benzene rings is 2. The van der Waals surface area contributed by atoms with Crippen molar-refractivity contribution < 1.29 is 23.9 Å². The molecule has 6 nitrogen and oxygen atoms in total. The van der Waals surface area contributed by atoms with Gasteiger partial charge >= 0.3 is 0 Å². The van der Waals surface area contributed by atoms with Crippen LogP contribution in [0.4, 0.5) is 0 Å². The number of piperidine rings is 1. The summed E-state index contributed by atoms with van der Waals surface area (Å²) in [5.41, 5.74) is 0.639. The number of hydrogen-bond donors (Lipinski definition) is 1. The quantitative estimate of drug-likeness (QED) is 0.718. The van der Waals surface area contributed by atoms with Crippen molar-refractivity contribution in [1.29, 1.82) is 0 Å². The summed E-state index contributed by atoms with van der Waals surface area (Å²) in [6.45, 7) is 4.86. The third-order valence-electron chi connectivity index (χ3n) is 5.53. The molecule has 1 aliphatic heterocycles. The molecule has 1 aliphatic rings. The number of nitrogens with one attached hydrogen (secondary N) is 1. The molecule has 0 amide bonds. The molecule has 3 aromatic rings. The van der Waals surface area contributed by atoms with E-state index in [1.807, 2.05) is 0 Å². The molecular weight excluding hydrogens is 370 g/mol. The Balaban J connectivity index is 1.67. The Morgan fingerprint density at radius 1 is 1.24 bits per heavy atom. The zero-order chi connectivity index (χ0) is 20.4. The van der Waals surface area contributed by atoms with Gasteiger partial charge < -0.3 is 23.9 Å². The largest absolute Gasteiger partial charge is 0.872 e. The first kappa shape index (κ1) is 19.3. The first-order valence-corrected chi connectivity index (χ1v) is 9.95. The molecule has 1 saturated heterocycles. The van der Waals surface area contributed by atoms with Gasteiger partial charge in [0.1, 0.15) is 29.9 Å². The monoisotopic (exact) mass is 395 g/mol. The molecule has 0 saturated carbocycles. The van der Waals surface area contributed by atoms with E-state index in [0.29, 0.717) is 40.5 Å². The average molecular weight is 395 g/mol. The molecule has 0 spiro atoms. The Kier molecular flexibility index (Phi) is 5.45. The summed E-state index contributed by atoms with van der Waals surface area (Å²) in [6, 6.07) is 9.98. The van der Waals surface area contributed by atoms with Gasteiger partial charge in [-0.05, 0) is 31.0 Å². The SMILES string of the molecule is COc1cccc(Oc2coc3c(C[NH+]4CCCC(C)C4)c([O-])ccc3c2=O)c1. The van der Waals surface area contributed by atoms with Crippen molar-refractivity contribution in [3.8, 4) is 23.0 Å². The van der Waals surface area contributed by atoms with Crippen LogP contribution >= 0.6 is 0 Å². The summed E-state index contributed by atoms with van der Waals surface area (Å²) in [4.78, 5) is 14.3. The van der Waals surface area contributed by atoms with E-state index in [9.17, 15) is 9.90 Å². The number of hydrogen-bond acceptors (Lipinski definition) is 5. The van der Waals surface area contributed by atoms with Gasteiger partial charge in [-0.25, -0.2) is 0 Å². The number of fused-ring (bicyclic) bond motifs is 1. The molecule has 29 heavy (non-hydrogen) atoms. The summed E-state index contributed by atoms with van der Waals surface area (Å²) in [5.74, 6) is 1.73. The molecule has 2 heterocycles. The summed E-state index contributed by atoms with van der Waals surface area (Å²) in [5, 5.41) is 12.9. The number of quaternary nitrogens is 1. The zero-order valence-corrected chi connectivity index (χ0v) is 16.7. The maximum Gasteiger partial charge on any atom is 0.235 e. The van der Waals surface area contributed by atoms with Crippen LogP contribution in [0.15, 0.2) is 51.9 Å². The van der Waals surface area contributed by atoms with Crippen LogP contribution in [-0.2, 0) is 6.54 Å². The van der Waals surface area contributed by atoms with Gasteiger partial charge in [0.05, 0.1) is 25.6 Å². The van der Waals surface area contributed by atoms with E-state index in [1.165, 1.54) is 29.7 Å². The molecule has 1 fully saturated rings. The first-order valence-electron chi connectivity index (χ1n) is 9.95. The van der Waals surface area contributed by atoms with Crippen molar-refractivity contribution in [2.45, 2.75) is 26.3 Å². The minimum Gasteiger partial charge on any atom is -0.872 e. The van der Waals surface area contributed by atoms with Crippen LogP contribution in [-0.4, -0.2) is 20.2 Å². The van der Waals surface area contributed by atoms with E-state index in [4.69, 9.17) is 13.9 Å². The third-order valence-corrected chi connectivity index (χ3v) is 5.53. The minimum absolute atomic E-state index is 0.0780. The van der Waals surface area contributed by atoms with Crippen LogP contribution in [0.1, 0.15) is 25.3 Å². The van der Waals surface area contributed by atoms with Crippen LogP contribution in [0.2, 0.25) is 0 Å². The smallest absolute Gasteiger partial charge is 0.235 e. The maximum atomic E-state index is 13.0. The number of rotatable bonds is 5. The topological polar surface area (TPSA) is 76.2 Å². The predicted octanol–water partition coefficient (Wildman–Crippen LogP) is 2.48. The molecule has 6 heteroatoms. The number of likely N-dealkylation sites (tertiary alicyclic amines) is 1. The fourth-order valence-electron chi connectivity index (χ4n) is 4.06. The molecule has 2 unspecified atom stereocenters. The van der Waals surface area contributed by atoms with Crippen LogP contribution in [0.5, 0.6) is 23.0 Å². The standard InChI is InChI=1S/C23H25NO5/c1-15-5-4-10-24(12-15)13-19-20(25)9-8-18-22(26)21(14-28-23(18)19)29-17-7-3-6-16(11-17)27-2/h3,6-9,11,14-15,25H,4-5,10,12-13H2,1-2H3.